The molecule has 2 heteroatoms. The molecule has 0 atom stereocenters. The molecule has 9 heavy (non-hydrogen) atoms. The van der Waals surface area contributed by atoms with Gasteiger partial charge in [-0.2, -0.15) is 0 Å². The van der Waals surface area contributed by atoms with Crippen LogP contribution in [-0.2, 0) is 23.3 Å². The standard InChI is InChI=1S/C7H14Si.Zr/c1-2-4-6-8-7-5-3-1;/h1-7H2;/q;+2. The maximum atomic E-state index is 1.88. The van der Waals surface area contributed by atoms with Crippen LogP contribution in [0.15, 0.2) is 0 Å². The monoisotopic (exact) mass is 216 g/mol. The Balaban J connectivity index is 2.20. The van der Waals surface area contributed by atoms with E-state index >= 15 is 0 Å². The zero-order valence-electron chi connectivity index (χ0n) is 5.95. The van der Waals surface area contributed by atoms with Gasteiger partial charge in [0.2, 0.25) is 0 Å². The van der Waals surface area contributed by atoms with Crippen molar-refractivity contribution in [1.82, 2.24) is 0 Å². The summed E-state index contributed by atoms with van der Waals surface area (Å²) in [4.78, 5) is 0. The van der Waals surface area contributed by atoms with Crippen LogP contribution in [0.4, 0.5) is 0 Å². The van der Waals surface area contributed by atoms with Gasteiger partial charge >= 0.3 is 73.0 Å². The van der Waals surface area contributed by atoms with Crippen molar-refractivity contribution in [3.05, 3.63) is 0 Å². The van der Waals surface area contributed by atoms with E-state index in [4.69, 9.17) is 0 Å². The van der Waals surface area contributed by atoms with E-state index in [2.05, 4.69) is 0 Å². The van der Waals surface area contributed by atoms with Gasteiger partial charge in [-0.05, 0) is 0 Å². The summed E-state index contributed by atoms with van der Waals surface area (Å²) < 4.78 is 0. The van der Waals surface area contributed by atoms with E-state index in [0.29, 0.717) is 0 Å². The molecule has 0 spiro atoms. The minimum absolute atomic E-state index is 0.238. The first kappa shape index (κ1) is 8.20. The molecular weight excluding hydrogens is 203 g/mol. The molecule has 0 aromatic carbocycles. The quantitative estimate of drug-likeness (QED) is 0.547. The summed E-state index contributed by atoms with van der Waals surface area (Å²) in [5.41, 5.74) is 0.238. The molecule has 0 radical (unpaired) electrons. The molecule has 0 bridgehead atoms. The summed E-state index contributed by atoms with van der Waals surface area (Å²) in [5, 5.41) is 0. The first-order valence-corrected chi connectivity index (χ1v) is 9.56. The van der Waals surface area contributed by atoms with Gasteiger partial charge in [0.1, 0.15) is 0 Å². The molecule has 1 heterocycles. The van der Waals surface area contributed by atoms with Crippen LogP contribution < -0.4 is 0 Å². The molecule has 0 aromatic heterocycles. The Morgan fingerprint density at radius 3 is 1.78 bits per heavy atom. The second-order valence-electron chi connectivity index (χ2n) is 2.87. The summed E-state index contributed by atoms with van der Waals surface area (Å²) in [6, 6.07) is 3.26. The Morgan fingerprint density at radius 1 is 0.778 bits per heavy atom. The predicted octanol–water partition coefficient (Wildman–Crippen LogP) is 2.49. The van der Waals surface area contributed by atoms with Crippen molar-refractivity contribution in [1.29, 1.82) is 0 Å². The normalized spacial score (nSPS) is 23.1. The van der Waals surface area contributed by atoms with E-state index in [1.54, 1.807) is 24.9 Å². The zero-order chi connectivity index (χ0) is 6.53. The SMILES string of the molecule is [Zr+2]=[Si]1CCCCCCC1. The van der Waals surface area contributed by atoms with Crippen molar-refractivity contribution in [2.24, 2.45) is 0 Å². The number of rotatable bonds is 0. The van der Waals surface area contributed by atoms with Crippen molar-refractivity contribution in [2.75, 3.05) is 0 Å². The van der Waals surface area contributed by atoms with Crippen LogP contribution in [0, 0.1) is 0 Å². The van der Waals surface area contributed by atoms with E-state index in [1.165, 1.54) is 19.3 Å². The summed E-state index contributed by atoms with van der Waals surface area (Å²) in [5.74, 6) is 0. The Hall–Kier alpha value is 1.10. The second-order valence-corrected chi connectivity index (χ2v) is 10.3. The van der Waals surface area contributed by atoms with E-state index < -0.39 is 0 Å². The van der Waals surface area contributed by atoms with Crippen LogP contribution in [0.5, 0.6) is 0 Å². The second kappa shape index (κ2) is 4.85. The van der Waals surface area contributed by atoms with Gasteiger partial charge in [0.25, 0.3) is 0 Å². The van der Waals surface area contributed by atoms with Crippen LogP contribution in [0.25, 0.3) is 0 Å². The average molecular weight is 217 g/mol. The zero-order valence-corrected chi connectivity index (χ0v) is 9.41. The number of hydrogen-bond acceptors (Lipinski definition) is 0. The summed E-state index contributed by atoms with van der Waals surface area (Å²) in [7, 11) is 0. The summed E-state index contributed by atoms with van der Waals surface area (Å²) in [6.07, 6.45) is 7.69. The van der Waals surface area contributed by atoms with Crippen LogP contribution >= 0.6 is 0 Å². The molecule has 0 unspecified atom stereocenters. The number of hydrogen-bond donors (Lipinski definition) is 0. The summed E-state index contributed by atoms with van der Waals surface area (Å²) in [6.45, 7) is 0. The first-order valence-electron chi connectivity index (χ1n) is 3.96. The molecule has 0 aliphatic carbocycles. The van der Waals surface area contributed by atoms with Crippen LogP contribution in [0.3, 0.4) is 0 Å². The van der Waals surface area contributed by atoms with Crippen LogP contribution in [0.2, 0.25) is 12.1 Å². The topological polar surface area (TPSA) is 0 Å². The van der Waals surface area contributed by atoms with E-state index in [9.17, 15) is 0 Å². The molecular formula is C7H14SiZr+2. The van der Waals surface area contributed by atoms with Crippen molar-refractivity contribution < 1.29 is 23.3 Å². The first-order chi connectivity index (χ1) is 4.39. The Morgan fingerprint density at radius 2 is 1.22 bits per heavy atom. The van der Waals surface area contributed by atoms with Gasteiger partial charge in [-0.3, -0.25) is 0 Å². The van der Waals surface area contributed by atoms with Crippen molar-refractivity contribution in [3.8, 4) is 0 Å². The van der Waals surface area contributed by atoms with Gasteiger partial charge in [0.15, 0.2) is 0 Å². The third kappa shape index (κ3) is 3.72. The predicted molar refractivity (Wildman–Crippen MR) is 38.5 cm³/mol. The van der Waals surface area contributed by atoms with Gasteiger partial charge in [0, 0.05) is 0 Å². The van der Waals surface area contributed by atoms with Crippen molar-refractivity contribution in [2.45, 2.75) is 44.2 Å². The third-order valence-corrected chi connectivity index (χ3v) is 7.56. The van der Waals surface area contributed by atoms with E-state index in [1.807, 2.05) is 23.3 Å². The molecule has 0 N–H and O–H groups in total. The molecule has 1 aliphatic rings. The van der Waals surface area contributed by atoms with Gasteiger partial charge in [-0.15, -0.1) is 0 Å². The Kier molecular flexibility index (Phi) is 4.41. The van der Waals surface area contributed by atoms with Crippen LogP contribution in [-0.4, -0.2) is 5.43 Å². The van der Waals surface area contributed by atoms with Gasteiger partial charge in [-0.1, -0.05) is 0 Å². The molecule has 1 aliphatic heterocycles. The molecule has 0 nitrogen and oxygen atoms in total. The molecule has 1 fully saturated rings. The summed E-state index contributed by atoms with van der Waals surface area (Å²) >= 11 is 1.88. The van der Waals surface area contributed by atoms with Crippen molar-refractivity contribution in [3.63, 3.8) is 0 Å². The molecule has 1 rings (SSSR count). The maximum absolute atomic E-state index is 1.88. The minimum atomic E-state index is 0.238. The van der Waals surface area contributed by atoms with Crippen molar-refractivity contribution >= 4 is 5.43 Å². The fourth-order valence-electron chi connectivity index (χ4n) is 1.33. The molecule has 1 saturated heterocycles. The van der Waals surface area contributed by atoms with Gasteiger partial charge < -0.3 is 0 Å². The van der Waals surface area contributed by atoms with Gasteiger partial charge in [0.05, 0.1) is 0 Å². The fourth-order valence-corrected chi connectivity index (χ4v) is 5.54. The van der Waals surface area contributed by atoms with Crippen LogP contribution in [0.1, 0.15) is 32.1 Å². The van der Waals surface area contributed by atoms with E-state index in [-0.39, 0.29) is 5.43 Å². The molecule has 0 amide bonds. The Bertz CT molecular complexity index is 91.1. The van der Waals surface area contributed by atoms with E-state index in [0.717, 1.165) is 0 Å². The van der Waals surface area contributed by atoms with Gasteiger partial charge in [-0.25, -0.2) is 0 Å². The third-order valence-electron chi connectivity index (χ3n) is 1.96. The average Bonchev–Trinajstić information content (AvgIpc) is 1.79. The fraction of sp³-hybridized carbons (Fsp3) is 1.00. The molecule has 0 saturated carbocycles. The molecule has 0 aromatic rings. The Labute approximate surface area is 72.8 Å². The molecule has 48 valence electrons.